The minimum Gasteiger partial charge on any atom is -0.497 e. The van der Waals surface area contributed by atoms with E-state index < -0.39 is 0 Å². The third kappa shape index (κ3) is 3.74. The number of likely N-dealkylation sites (tertiary alicyclic amines) is 1. The van der Waals surface area contributed by atoms with E-state index in [0.717, 1.165) is 5.75 Å². The highest BCUT2D eigenvalue weighted by Crippen LogP contribution is 2.23. The molecule has 0 N–H and O–H groups in total. The number of rotatable bonds is 4. The standard InChI is InChI=1S/C16H21NO4/c1-3-21-16(19)17-10-8-13(9-11-17)15(18)12-4-6-14(20-2)7-5-12/h4-7,13H,3,8-11H2,1-2H3. The molecule has 21 heavy (non-hydrogen) atoms. The van der Waals surface area contributed by atoms with Crippen molar-refractivity contribution in [3.8, 4) is 5.75 Å². The van der Waals surface area contributed by atoms with Gasteiger partial charge in [0.25, 0.3) is 0 Å². The molecule has 5 nitrogen and oxygen atoms in total. The number of ether oxygens (including phenoxy) is 2. The van der Waals surface area contributed by atoms with Crippen molar-refractivity contribution in [2.45, 2.75) is 19.8 Å². The van der Waals surface area contributed by atoms with Gasteiger partial charge in [0.2, 0.25) is 0 Å². The molecule has 1 heterocycles. The Kier molecular flexibility index (Phi) is 5.20. The molecule has 114 valence electrons. The van der Waals surface area contributed by atoms with Crippen LogP contribution in [0.15, 0.2) is 24.3 Å². The molecule has 1 aliphatic heterocycles. The van der Waals surface area contributed by atoms with Crippen molar-refractivity contribution in [3.63, 3.8) is 0 Å². The van der Waals surface area contributed by atoms with Crippen molar-refractivity contribution < 1.29 is 19.1 Å². The molecule has 0 aliphatic carbocycles. The van der Waals surface area contributed by atoms with E-state index in [9.17, 15) is 9.59 Å². The van der Waals surface area contributed by atoms with Crippen molar-refractivity contribution in [2.24, 2.45) is 5.92 Å². The van der Waals surface area contributed by atoms with Crippen LogP contribution in [0, 0.1) is 5.92 Å². The molecule has 1 aromatic rings. The van der Waals surface area contributed by atoms with Crippen molar-refractivity contribution in [1.82, 2.24) is 4.90 Å². The monoisotopic (exact) mass is 291 g/mol. The Labute approximate surface area is 124 Å². The van der Waals surface area contributed by atoms with Crippen LogP contribution in [-0.2, 0) is 4.74 Å². The average molecular weight is 291 g/mol. The largest absolute Gasteiger partial charge is 0.497 e. The van der Waals surface area contributed by atoms with Crippen LogP contribution in [0.25, 0.3) is 0 Å². The fourth-order valence-electron chi connectivity index (χ4n) is 2.53. The van der Waals surface area contributed by atoms with Gasteiger partial charge in [-0.25, -0.2) is 4.79 Å². The first-order chi connectivity index (χ1) is 10.2. The zero-order valence-corrected chi connectivity index (χ0v) is 12.5. The number of hydrogen-bond acceptors (Lipinski definition) is 4. The Hall–Kier alpha value is -2.04. The van der Waals surface area contributed by atoms with Crippen LogP contribution in [-0.4, -0.2) is 43.6 Å². The van der Waals surface area contributed by atoms with Gasteiger partial charge >= 0.3 is 6.09 Å². The predicted octanol–water partition coefficient (Wildman–Crippen LogP) is 2.75. The maximum atomic E-state index is 12.4. The van der Waals surface area contributed by atoms with Crippen molar-refractivity contribution in [3.05, 3.63) is 29.8 Å². The van der Waals surface area contributed by atoms with Crippen LogP contribution < -0.4 is 4.74 Å². The fraction of sp³-hybridized carbons (Fsp3) is 0.500. The number of benzene rings is 1. The first-order valence-electron chi connectivity index (χ1n) is 7.25. The Morgan fingerprint density at radius 2 is 1.81 bits per heavy atom. The first-order valence-corrected chi connectivity index (χ1v) is 7.25. The number of nitrogens with zero attached hydrogens (tertiary/aromatic N) is 1. The van der Waals surface area contributed by atoms with Crippen LogP contribution in [0.5, 0.6) is 5.75 Å². The minimum absolute atomic E-state index is 0.0240. The summed E-state index contributed by atoms with van der Waals surface area (Å²) in [4.78, 5) is 25.7. The molecule has 1 saturated heterocycles. The summed E-state index contributed by atoms with van der Waals surface area (Å²) in [5.74, 6) is 0.855. The summed E-state index contributed by atoms with van der Waals surface area (Å²) in [6.45, 7) is 3.32. The van der Waals surface area contributed by atoms with E-state index in [2.05, 4.69) is 0 Å². The van der Waals surface area contributed by atoms with Gasteiger partial charge in [-0.1, -0.05) is 0 Å². The van der Waals surface area contributed by atoms with Gasteiger partial charge in [-0.05, 0) is 44.0 Å². The normalized spacial score (nSPS) is 15.6. The lowest BCUT2D eigenvalue weighted by Crippen LogP contribution is -2.40. The quantitative estimate of drug-likeness (QED) is 0.800. The molecular weight excluding hydrogens is 270 g/mol. The summed E-state index contributed by atoms with van der Waals surface area (Å²) >= 11 is 0. The highest BCUT2D eigenvalue weighted by Gasteiger charge is 2.28. The molecule has 0 atom stereocenters. The van der Waals surface area contributed by atoms with E-state index in [4.69, 9.17) is 9.47 Å². The number of piperidine rings is 1. The number of carbonyl (C=O) groups is 2. The van der Waals surface area contributed by atoms with Gasteiger partial charge in [0.05, 0.1) is 13.7 Å². The van der Waals surface area contributed by atoms with Gasteiger partial charge < -0.3 is 14.4 Å². The lowest BCUT2D eigenvalue weighted by atomic mass is 9.89. The molecule has 1 aliphatic rings. The van der Waals surface area contributed by atoms with Crippen LogP contribution in [0.2, 0.25) is 0 Å². The molecule has 1 fully saturated rings. The zero-order valence-electron chi connectivity index (χ0n) is 12.5. The van der Waals surface area contributed by atoms with Crippen LogP contribution in [0.4, 0.5) is 4.79 Å². The van der Waals surface area contributed by atoms with E-state index in [1.165, 1.54) is 0 Å². The number of methoxy groups -OCH3 is 1. The average Bonchev–Trinajstić information content (AvgIpc) is 2.54. The van der Waals surface area contributed by atoms with E-state index in [-0.39, 0.29) is 17.8 Å². The second kappa shape index (κ2) is 7.11. The molecule has 5 heteroatoms. The first kappa shape index (κ1) is 15.4. The lowest BCUT2D eigenvalue weighted by molar-refractivity contribution is 0.0753. The highest BCUT2D eigenvalue weighted by atomic mass is 16.6. The molecule has 0 spiro atoms. The highest BCUT2D eigenvalue weighted by molar-refractivity contribution is 5.98. The fourth-order valence-corrected chi connectivity index (χ4v) is 2.53. The van der Waals surface area contributed by atoms with Gasteiger partial charge in [0, 0.05) is 24.6 Å². The van der Waals surface area contributed by atoms with E-state index in [0.29, 0.717) is 38.1 Å². The number of hydrogen-bond donors (Lipinski definition) is 0. The SMILES string of the molecule is CCOC(=O)N1CCC(C(=O)c2ccc(OC)cc2)CC1. The molecule has 0 saturated carbocycles. The third-order valence-electron chi connectivity index (χ3n) is 3.77. The van der Waals surface area contributed by atoms with Gasteiger partial charge in [0.15, 0.2) is 5.78 Å². The number of Topliss-reactive ketones (excluding diaryl/α,β-unsaturated/α-hetero) is 1. The van der Waals surface area contributed by atoms with Gasteiger partial charge in [-0.3, -0.25) is 4.79 Å². The van der Waals surface area contributed by atoms with Crippen LogP contribution in [0.1, 0.15) is 30.1 Å². The topological polar surface area (TPSA) is 55.8 Å². The molecule has 0 unspecified atom stereocenters. The van der Waals surface area contributed by atoms with Gasteiger partial charge in [-0.2, -0.15) is 0 Å². The molecule has 0 bridgehead atoms. The Morgan fingerprint density at radius 1 is 1.19 bits per heavy atom. The smallest absolute Gasteiger partial charge is 0.409 e. The van der Waals surface area contributed by atoms with E-state index in [1.54, 1.807) is 43.2 Å². The summed E-state index contributed by atoms with van der Waals surface area (Å²) < 4.78 is 10.1. The van der Waals surface area contributed by atoms with Gasteiger partial charge in [0.1, 0.15) is 5.75 Å². The summed E-state index contributed by atoms with van der Waals surface area (Å²) in [6.07, 6.45) is 1.08. The number of ketones is 1. The summed E-state index contributed by atoms with van der Waals surface area (Å²) in [7, 11) is 1.60. The van der Waals surface area contributed by atoms with Crippen LogP contribution >= 0.6 is 0 Å². The molecule has 0 aromatic heterocycles. The summed E-state index contributed by atoms with van der Waals surface area (Å²) in [5.41, 5.74) is 0.699. The minimum atomic E-state index is -0.284. The number of carbonyl (C=O) groups excluding carboxylic acids is 2. The Bertz CT molecular complexity index is 490. The van der Waals surface area contributed by atoms with E-state index in [1.807, 2.05) is 0 Å². The maximum absolute atomic E-state index is 12.4. The Balaban J connectivity index is 1.92. The second-order valence-electron chi connectivity index (χ2n) is 5.05. The summed E-state index contributed by atoms with van der Waals surface area (Å²) in [5, 5.41) is 0. The van der Waals surface area contributed by atoms with Crippen LogP contribution in [0.3, 0.4) is 0 Å². The third-order valence-corrected chi connectivity index (χ3v) is 3.77. The zero-order chi connectivity index (χ0) is 15.2. The maximum Gasteiger partial charge on any atom is 0.409 e. The molecule has 2 rings (SSSR count). The Morgan fingerprint density at radius 3 is 2.33 bits per heavy atom. The summed E-state index contributed by atoms with van der Waals surface area (Å²) in [6, 6.07) is 7.17. The lowest BCUT2D eigenvalue weighted by Gasteiger charge is -2.30. The molecule has 0 radical (unpaired) electrons. The second-order valence-corrected chi connectivity index (χ2v) is 5.05. The van der Waals surface area contributed by atoms with Gasteiger partial charge in [-0.15, -0.1) is 0 Å². The molecule has 1 aromatic carbocycles. The predicted molar refractivity (Wildman–Crippen MR) is 78.6 cm³/mol. The number of amides is 1. The van der Waals surface area contributed by atoms with Crippen molar-refractivity contribution in [2.75, 3.05) is 26.8 Å². The molecule has 1 amide bonds. The van der Waals surface area contributed by atoms with Crippen molar-refractivity contribution >= 4 is 11.9 Å². The van der Waals surface area contributed by atoms with E-state index >= 15 is 0 Å². The molecular formula is C16H21NO4. The van der Waals surface area contributed by atoms with Crippen molar-refractivity contribution in [1.29, 1.82) is 0 Å².